The zero-order valence-corrected chi connectivity index (χ0v) is 29.6. The summed E-state index contributed by atoms with van der Waals surface area (Å²) in [6.45, 7) is 1.78. The molecule has 0 aliphatic carbocycles. The number of halogens is 1. The average molecular weight is 752 g/mol. The number of imidazole rings is 1. The maximum Gasteiger partial charge on any atom is 0.329 e. The number of aryl methyl sites for hydroxylation is 1. The number of nitrogens with zero attached hydrogens (tertiary/aromatic N) is 4. The number of anilines is 1. The van der Waals surface area contributed by atoms with Crippen molar-refractivity contribution in [2.24, 2.45) is 7.05 Å². The molecule has 3 aromatic carbocycles. The number of phenolic OH excluding ortho intramolecular Hbond substituents is 1. The van der Waals surface area contributed by atoms with Gasteiger partial charge in [-0.3, -0.25) is 33.6 Å². The molecule has 1 atom stereocenters. The number of fused-ring (bicyclic) bond motifs is 2. The molecule has 4 N–H and O–H groups in total. The Hall–Kier alpha value is -5.49. The van der Waals surface area contributed by atoms with Crippen molar-refractivity contribution in [3.05, 3.63) is 64.3 Å². The van der Waals surface area contributed by atoms with E-state index in [0.717, 1.165) is 37.0 Å². The third-order valence-corrected chi connectivity index (χ3v) is 11.5. The van der Waals surface area contributed by atoms with E-state index in [1.807, 2.05) is 18.2 Å². The first-order chi connectivity index (χ1) is 25.3. The second-order valence-corrected chi connectivity index (χ2v) is 15.1. The third-order valence-electron chi connectivity index (χ3n) is 10.1. The molecular formula is C35H38FN7O9S. The van der Waals surface area contributed by atoms with Crippen molar-refractivity contribution in [3.63, 3.8) is 0 Å². The summed E-state index contributed by atoms with van der Waals surface area (Å²) in [6, 6.07) is 10.8. The number of imide groups is 1. The molecule has 3 fully saturated rings. The van der Waals surface area contributed by atoms with Gasteiger partial charge in [0.25, 0.3) is 5.91 Å². The summed E-state index contributed by atoms with van der Waals surface area (Å²) < 4.78 is 50.9. The number of hydrogen-bond acceptors (Lipinski definition) is 10. The summed E-state index contributed by atoms with van der Waals surface area (Å²) >= 11 is 0. The van der Waals surface area contributed by atoms with E-state index in [1.54, 1.807) is 22.4 Å². The third kappa shape index (κ3) is 7.03. The van der Waals surface area contributed by atoms with E-state index in [-0.39, 0.29) is 67.0 Å². The van der Waals surface area contributed by atoms with Gasteiger partial charge in [0, 0.05) is 31.8 Å². The molecule has 3 aliphatic rings. The van der Waals surface area contributed by atoms with E-state index in [2.05, 4.69) is 15.5 Å². The fraction of sp³-hybridized carbons (Fsp3) is 0.400. The Bertz CT molecular complexity index is 2330. The van der Waals surface area contributed by atoms with Crippen LogP contribution in [0.15, 0.2) is 47.3 Å². The number of carbonyl (C=O) groups excluding carboxylic acids is 4. The van der Waals surface area contributed by atoms with Gasteiger partial charge in [-0.05, 0) is 79.6 Å². The standard InChI is InChI=1S/C35H38FN7O9S/c1-40-27-16-21(3-5-25(27)43(35(40)49)26-6-7-30(46)38-34(26)48)20-8-12-41(13-9-20)14-10-29(45)37-11-15-52-23-4-2-22-17-28(44)33(32(36)24(22)18-23)42-19-31(47)39-53(42,50)51/h2-5,16-18,20,26,44H,6-15,19H2,1H3,(H,37,45)(H,39,47)(H,38,46,48). The molecule has 0 radical (unpaired) electrons. The fourth-order valence-electron chi connectivity index (χ4n) is 7.34. The molecule has 4 amide bonds. The van der Waals surface area contributed by atoms with Crippen molar-refractivity contribution in [1.29, 1.82) is 0 Å². The topological polar surface area (TPSA) is 201 Å². The molecule has 16 nitrogen and oxygen atoms in total. The first-order valence-electron chi connectivity index (χ1n) is 17.3. The molecule has 53 heavy (non-hydrogen) atoms. The van der Waals surface area contributed by atoms with Gasteiger partial charge in [-0.15, -0.1) is 0 Å². The Labute approximate surface area is 302 Å². The van der Waals surface area contributed by atoms with Crippen molar-refractivity contribution in [3.8, 4) is 11.5 Å². The van der Waals surface area contributed by atoms with Gasteiger partial charge in [0.15, 0.2) is 5.82 Å². The number of amides is 4. The molecule has 1 aromatic heterocycles. The maximum atomic E-state index is 15.5. The highest BCUT2D eigenvalue weighted by Gasteiger charge is 2.38. The van der Waals surface area contributed by atoms with Crippen LogP contribution >= 0.6 is 0 Å². The van der Waals surface area contributed by atoms with Crippen LogP contribution in [0.4, 0.5) is 10.1 Å². The number of aromatic nitrogens is 2. The van der Waals surface area contributed by atoms with Gasteiger partial charge >= 0.3 is 15.9 Å². The van der Waals surface area contributed by atoms with Crippen LogP contribution in [0.2, 0.25) is 0 Å². The van der Waals surface area contributed by atoms with E-state index in [0.29, 0.717) is 21.8 Å². The fourth-order valence-corrected chi connectivity index (χ4v) is 8.51. The van der Waals surface area contributed by atoms with Gasteiger partial charge in [-0.2, -0.15) is 8.42 Å². The quantitative estimate of drug-likeness (QED) is 0.135. The second-order valence-electron chi connectivity index (χ2n) is 13.5. The Morgan fingerprint density at radius 2 is 1.79 bits per heavy atom. The Morgan fingerprint density at radius 1 is 1.02 bits per heavy atom. The summed E-state index contributed by atoms with van der Waals surface area (Å²) in [7, 11) is -2.67. The first kappa shape index (κ1) is 35.9. The van der Waals surface area contributed by atoms with Crippen LogP contribution in [0.3, 0.4) is 0 Å². The number of phenols is 1. The smallest absolute Gasteiger partial charge is 0.329 e. The lowest BCUT2D eigenvalue weighted by Crippen LogP contribution is -2.44. The van der Waals surface area contributed by atoms with Crippen LogP contribution < -0.4 is 30.1 Å². The molecule has 3 saturated heterocycles. The van der Waals surface area contributed by atoms with E-state index in [9.17, 15) is 37.5 Å². The molecule has 4 heterocycles. The first-order valence-corrected chi connectivity index (χ1v) is 18.7. The zero-order valence-electron chi connectivity index (χ0n) is 28.8. The van der Waals surface area contributed by atoms with Crippen molar-refractivity contribution < 1.29 is 41.8 Å². The van der Waals surface area contributed by atoms with Gasteiger partial charge in [0.2, 0.25) is 17.7 Å². The highest BCUT2D eigenvalue weighted by atomic mass is 32.2. The average Bonchev–Trinajstić information content (AvgIpc) is 3.54. The van der Waals surface area contributed by atoms with Crippen LogP contribution in [-0.2, 0) is 36.4 Å². The van der Waals surface area contributed by atoms with Crippen LogP contribution in [0.1, 0.15) is 49.6 Å². The number of aromatic hydroxyl groups is 1. The van der Waals surface area contributed by atoms with Crippen molar-refractivity contribution in [1.82, 2.24) is 29.4 Å². The molecule has 3 aliphatic heterocycles. The van der Waals surface area contributed by atoms with Crippen molar-refractivity contribution in [2.45, 2.75) is 44.1 Å². The summed E-state index contributed by atoms with van der Waals surface area (Å²) in [5.41, 5.74) is 1.54. The molecule has 7 rings (SSSR count). The second kappa shape index (κ2) is 14.1. The number of ether oxygens (including phenoxy) is 1. The van der Waals surface area contributed by atoms with Gasteiger partial charge < -0.3 is 20.1 Å². The van der Waals surface area contributed by atoms with Gasteiger partial charge in [0.1, 0.15) is 36.4 Å². The Kier molecular flexibility index (Phi) is 9.58. The lowest BCUT2D eigenvalue weighted by atomic mass is 9.89. The molecule has 280 valence electrons. The number of likely N-dealkylation sites (tertiary alicyclic amines) is 1. The summed E-state index contributed by atoms with van der Waals surface area (Å²) in [5.74, 6) is -2.94. The number of rotatable bonds is 10. The van der Waals surface area contributed by atoms with Crippen molar-refractivity contribution >= 4 is 61.3 Å². The summed E-state index contributed by atoms with van der Waals surface area (Å²) in [4.78, 5) is 63.7. The zero-order chi connectivity index (χ0) is 37.6. The minimum Gasteiger partial charge on any atom is -0.506 e. The maximum absolute atomic E-state index is 15.5. The molecule has 0 saturated carbocycles. The van der Waals surface area contributed by atoms with Crippen LogP contribution in [-0.4, -0.2) is 90.5 Å². The van der Waals surface area contributed by atoms with Crippen LogP contribution in [0.25, 0.3) is 21.8 Å². The highest BCUT2D eigenvalue weighted by molar-refractivity contribution is 7.92. The van der Waals surface area contributed by atoms with Crippen LogP contribution in [0.5, 0.6) is 11.5 Å². The number of hydrogen-bond donors (Lipinski definition) is 4. The van der Waals surface area contributed by atoms with E-state index in [4.69, 9.17) is 4.74 Å². The predicted octanol–water partition coefficient (Wildman–Crippen LogP) is 1.26. The Balaban J connectivity index is 0.879. The van der Waals surface area contributed by atoms with Gasteiger partial charge in [0.05, 0.1) is 17.6 Å². The van der Waals surface area contributed by atoms with Crippen molar-refractivity contribution in [2.75, 3.05) is 43.6 Å². The number of nitrogens with one attached hydrogen (secondary N) is 3. The van der Waals surface area contributed by atoms with E-state index < -0.39 is 51.9 Å². The van der Waals surface area contributed by atoms with E-state index in [1.165, 1.54) is 22.8 Å². The lowest BCUT2D eigenvalue weighted by Gasteiger charge is -2.32. The predicted molar refractivity (Wildman–Crippen MR) is 190 cm³/mol. The molecule has 18 heteroatoms. The number of carbonyl (C=O) groups is 4. The number of benzene rings is 3. The van der Waals surface area contributed by atoms with E-state index >= 15 is 4.39 Å². The Morgan fingerprint density at radius 3 is 2.51 bits per heavy atom. The molecular weight excluding hydrogens is 713 g/mol. The lowest BCUT2D eigenvalue weighted by molar-refractivity contribution is -0.135. The normalized spacial score (nSPS) is 19.5. The summed E-state index contributed by atoms with van der Waals surface area (Å²) in [6.07, 6.45) is 2.49. The minimum atomic E-state index is -4.35. The molecule has 0 bridgehead atoms. The largest absolute Gasteiger partial charge is 0.506 e. The number of piperidine rings is 2. The SMILES string of the molecule is Cn1c(=O)n(C2CCC(=O)NC2=O)c2ccc(C3CCN(CCC(=O)NCCOc4ccc5cc(O)c(N6CC(=O)NS6(=O)=O)c(F)c5c4)CC3)cc21. The highest BCUT2D eigenvalue weighted by Crippen LogP contribution is 2.39. The monoisotopic (exact) mass is 751 g/mol. The minimum absolute atomic E-state index is 0.0207. The molecule has 4 aromatic rings. The van der Waals surface area contributed by atoms with Gasteiger partial charge in [-0.25, -0.2) is 18.2 Å². The summed E-state index contributed by atoms with van der Waals surface area (Å²) in [5, 5.41) is 15.8. The molecule has 1 unspecified atom stereocenters. The van der Waals surface area contributed by atoms with Gasteiger partial charge in [-0.1, -0.05) is 12.1 Å². The van der Waals surface area contributed by atoms with Crippen LogP contribution in [0, 0.1) is 5.82 Å². The molecule has 0 spiro atoms.